The molecule has 4 saturated carbocycles. The molecule has 4 fully saturated rings. The highest BCUT2D eigenvalue weighted by Crippen LogP contribution is 2.60. The quantitative estimate of drug-likeness (QED) is 0.779. The maximum Gasteiger partial charge on any atom is 0.309 e. The summed E-state index contributed by atoms with van der Waals surface area (Å²) in [6.07, 6.45) is 6.69. The lowest BCUT2D eigenvalue weighted by Crippen LogP contribution is -2.52. The van der Waals surface area contributed by atoms with Gasteiger partial charge in [0.05, 0.1) is 5.41 Å². The van der Waals surface area contributed by atoms with E-state index in [2.05, 4.69) is 0 Å². The molecule has 90 valence electrons. The second-order valence-electron chi connectivity index (χ2n) is 6.98. The third-order valence-electron chi connectivity index (χ3n) is 5.61. The molecule has 4 bridgehead atoms. The maximum absolute atomic E-state index is 11.4. The van der Waals surface area contributed by atoms with Crippen molar-refractivity contribution in [2.45, 2.75) is 46.0 Å². The van der Waals surface area contributed by atoms with E-state index in [1.54, 1.807) is 0 Å². The standard InChI is InChI=1S/C14H22O2/c1-14(2,13(15)16)12-10-4-8-3-9(6-10)7-11(12)5-8/h8-12H,3-7H2,1-2H3,(H,15,16). The van der Waals surface area contributed by atoms with Crippen LogP contribution < -0.4 is 0 Å². The SMILES string of the molecule is CC(C)(C(=O)O)C1C2CC3CC(C2)CC1C3. The highest BCUT2D eigenvalue weighted by molar-refractivity contribution is 5.74. The Bertz CT molecular complexity index is 291. The highest BCUT2D eigenvalue weighted by atomic mass is 16.4. The molecule has 1 N–H and O–H groups in total. The second kappa shape index (κ2) is 3.24. The summed E-state index contributed by atoms with van der Waals surface area (Å²) in [5, 5.41) is 9.43. The van der Waals surface area contributed by atoms with Gasteiger partial charge < -0.3 is 5.11 Å². The van der Waals surface area contributed by atoms with E-state index >= 15 is 0 Å². The Kier molecular flexibility index (Phi) is 2.15. The third-order valence-corrected chi connectivity index (χ3v) is 5.61. The molecule has 0 spiro atoms. The Morgan fingerprint density at radius 3 is 1.81 bits per heavy atom. The number of hydrogen-bond donors (Lipinski definition) is 1. The fourth-order valence-electron chi connectivity index (χ4n) is 5.25. The van der Waals surface area contributed by atoms with Gasteiger partial charge in [0.2, 0.25) is 0 Å². The molecule has 0 radical (unpaired) electrons. The van der Waals surface area contributed by atoms with Gasteiger partial charge in [-0.3, -0.25) is 4.79 Å². The zero-order chi connectivity index (χ0) is 11.5. The number of hydrogen-bond acceptors (Lipinski definition) is 1. The van der Waals surface area contributed by atoms with E-state index in [1.165, 1.54) is 32.1 Å². The molecule has 4 aliphatic rings. The van der Waals surface area contributed by atoms with Crippen LogP contribution in [-0.4, -0.2) is 11.1 Å². The highest BCUT2D eigenvalue weighted by Gasteiger charge is 2.54. The van der Waals surface area contributed by atoms with Crippen molar-refractivity contribution in [1.82, 2.24) is 0 Å². The molecule has 16 heavy (non-hydrogen) atoms. The zero-order valence-electron chi connectivity index (χ0n) is 10.3. The molecular weight excluding hydrogens is 200 g/mol. The van der Waals surface area contributed by atoms with Crippen molar-refractivity contribution in [3.05, 3.63) is 0 Å². The lowest BCUT2D eigenvalue weighted by Gasteiger charge is -2.57. The molecule has 0 amide bonds. The molecule has 0 saturated heterocycles. The maximum atomic E-state index is 11.4. The Morgan fingerprint density at radius 1 is 1.00 bits per heavy atom. The average molecular weight is 222 g/mol. The molecule has 0 aromatic heterocycles. The molecule has 0 aromatic carbocycles. The lowest BCUT2D eigenvalue weighted by atomic mass is 9.47. The van der Waals surface area contributed by atoms with E-state index in [0.717, 1.165) is 11.8 Å². The summed E-state index contributed by atoms with van der Waals surface area (Å²) in [7, 11) is 0. The van der Waals surface area contributed by atoms with Crippen LogP contribution in [0, 0.1) is 35.0 Å². The van der Waals surface area contributed by atoms with E-state index < -0.39 is 11.4 Å². The van der Waals surface area contributed by atoms with Crippen LogP contribution >= 0.6 is 0 Å². The molecule has 2 nitrogen and oxygen atoms in total. The topological polar surface area (TPSA) is 37.3 Å². The Balaban J connectivity index is 1.89. The minimum absolute atomic E-state index is 0.442. The minimum atomic E-state index is -0.593. The van der Waals surface area contributed by atoms with Gasteiger partial charge in [0.1, 0.15) is 0 Å². The van der Waals surface area contributed by atoms with Crippen molar-refractivity contribution in [2.75, 3.05) is 0 Å². The monoisotopic (exact) mass is 222 g/mol. The minimum Gasteiger partial charge on any atom is -0.481 e. The van der Waals surface area contributed by atoms with E-state index in [1.807, 2.05) is 13.8 Å². The van der Waals surface area contributed by atoms with Gasteiger partial charge in [0, 0.05) is 0 Å². The van der Waals surface area contributed by atoms with Crippen LogP contribution in [0.3, 0.4) is 0 Å². The zero-order valence-corrected chi connectivity index (χ0v) is 10.3. The van der Waals surface area contributed by atoms with E-state index in [-0.39, 0.29) is 0 Å². The second-order valence-corrected chi connectivity index (χ2v) is 6.98. The Morgan fingerprint density at radius 2 is 1.44 bits per heavy atom. The largest absolute Gasteiger partial charge is 0.481 e. The van der Waals surface area contributed by atoms with Crippen LogP contribution in [0.5, 0.6) is 0 Å². The molecular formula is C14H22O2. The van der Waals surface area contributed by atoms with Gasteiger partial charge in [0.25, 0.3) is 0 Å². The molecule has 4 aliphatic carbocycles. The predicted octanol–water partition coefficient (Wildman–Crippen LogP) is 3.17. The molecule has 0 aromatic rings. The van der Waals surface area contributed by atoms with Gasteiger partial charge in [-0.15, -0.1) is 0 Å². The fourth-order valence-corrected chi connectivity index (χ4v) is 5.25. The van der Waals surface area contributed by atoms with Gasteiger partial charge >= 0.3 is 5.97 Å². The van der Waals surface area contributed by atoms with Crippen molar-refractivity contribution in [3.63, 3.8) is 0 Å². The van der Waals surface area contributed by atoms with Gasteiger partial charge in [-0.1, -0.05) is 0 Å². The van der Waals surface area contributed by atoms with E-state index in [0.29, 0.717) is 17.8 Å². The van der Waals surface area contributed by atoms with Crippen LogP contribution in [0.15, 0.2) is 0 Å². The summed E-state index contributed by atoms with van der Waals surface area (Å²) in [5.74, 6) is 3.14. The van der Waals surface area contributed by atoms with Crippen LogP contribution in [0.2, 0.25) is 0 Å². The normalized spacial score (nSPS) is 46.0. The predicted molar refractivity (Wildman–Crippen MR) is 62.0 cm³/mol. The first kappa shape index (κ1) is 10.6. The van der Waals surface area contributed by atoms with Crippen LogP contribution in [0.4, 0.5) is 0 Å². The summed E-state index contributed by atoms with van der Waals surface area (Å²) >= 11 is 0. The Labute approximate surface area is 97.4 Å². The van der Waals surface area contributed by atoms with Gasteiger partial charge in [0.15, 0.2) is 0 Å². The summed E-state index contributed by atoms with van der Waals surface area (Å²) in [6.45, 7) is 3.89. The van der Waals surface area contributed by atoms with Crippen molar-refractivity contribution >= 4 is 5.97 Å². The molecule has 0 atom stereocenters. The number of aliphatic carboxylic acids is 1. The molecule has 4 rings (SSSR count). The van der Waals surface area contributed by atoms with E-state index in [9.17, 15) is 9.90 Å². The first-order chi connectivity index (χ1) is 7.48. The van der Waals surface area contributed by atoms with Crippen molar-refractivity contribution in [2.24, 2.45) is 35.0 Å². The van der Waals surface area contributed by atoms with Crippen molar-refractivity contribution < 1.29 is 9.90 Å². The van der Waals surface area contributed by atoms with Crippen LogP contribution in [0.1, 0.15) is 46.0 Å². The molecule has 0 unspecified atom stereocenters. The smallest absolute Gasteiger partial charge is 0.309 e. The summed E-state index contributed by atoms with van der Waals surface area (Å²) < 4.78 is 0. The fraction of sp³-hybridized carbons (Fsp3) is 0.929. The lowest BCUT2D eigenvalue weighted by molar-refractivity contribution is -0.162. The van der Waals surface area contributed by atoms with Crippen LogP contribution in [-0.2, 0) is 4.79 Å². The summed E-state index contributed by atoms with van der Waals surface area (Å²) in [5.41, 5.74) is -0.511. The Hall–Kier alpha value is -0.530. The van der Waals surface area contributed by atoms with Gasteiger partial charge in [-0.2, -0.15) is 0 Å². The number of carboxylic acid groups (broad SMARTS) is 1. The van der Waals surface area contributed by atoms with Gasteiger partial charge in [-0.05, 0) is 75.5 Å². The molecule has 0 aliphatic heterocycles. The van der Waals surface area contributed by atoms with Crippen molar-refractivity contribution in [3.8, 4) is 0 Å². The first-order valence-corrected chi connectivity index (χ1v) is 6.72. The summed E-state index contributed by atoms with van der Waals surface area (Å²) in [4.78, 5) is 11.4. The number of carboxylic acids is 1. The molecule has 2 heteroatoms. The van der Waals surface area contributed by atoms with Gasteiger partial charge in [-0.25, -0.2) is 0 Å². The van der Waals surface area contributed by atoms with Crippen molar-refractivity contribution in [1.29, 1.82) is 0 Å². The number of rotatable bonds is 2. The first-order valence-electron chi connectivity index (χ1n) is 6.72. The molecule has 0 heterocycles. The van der Waals surface area contributed by atoms with Crippen LogP contribution in [0.25, 0.3) is 0 Å². The average Bonchev–Trinajstić information content (AvgIpc) is 2.14. The number of carbonyl (C=O) groups is 1. The van der Waals surface area contributed by atoms with E-state index in [4.69, 9.17) is 0 Å². The third kappa shape index (κ3) is 1.34. The summed E-state index contributed by atoms with van der Waals surface area (Å²) in [6, 6.07) is 0.